The number of benzene rings is 1. The van der Waals surface area contributed by atoms with E-state index in [1.54, 1.807) is 23.5 Å². The van der Waals surface area contributed by atoms with E-state index in [1.165, 1.54) is 6.07 Å². The van der Waals surface area contributed by atoms with Crippen LogP contribution < -0.4 is 5.32 Å². The van der Waals surface area contributed by atoms with Crippen molar-refractivity contribution in [1.82, 2.24) is 15.2 Å². The third-order valence-corrected chi connectivity index (χ3v) is 4.21. The molecule has 1 unspecified atom stereocenters. The van der Waals surface area contributed by atoms with E-state index in [0.717, 1.165) is 41.4 Å². The minimum atomic E-state index is -0.187. The summed E-state index contributed by atoms with van der Waals surface area (Å²) in [5.41, 5.74) is 0.902. The lowest BCUT2D eigenvalue weighted by Gasteiger charge is -2.31. The van der Waals surface area contributed by atoms with Crippen LogP contribution in [0.5, 0.6) is 0 Å². The summed E-state index contributed by atoms with van der Waals surface area (Å²) in [6.07, 6.45) is 0. The quantitative estimate of drug-likeness (QED) is 0.924. The Labute approximate surface area is 122 Å². The highest BCUT2D eigenvalue weighted by atomic mass is 35.5. The van der Waals surface area contributed by atoms with Crippen molar-refractivity contribution in [3.63, 3.8) is 0 Å². The van der Waals surface area contributed by atoms with Crippen LogP contribution in [0, 0.1) is 5.82 Å². The molecular formula is C13H17ClFN3S. The van der Waals surface area contributed by atoms with E-state index in [-0.39, 0.29) is 18.2 Å². The van der Waals surface area contributed by atoms with E-state index in [0.29, 0.717) is 6.04 Å². The maximum Gasteiger partial charge on any atom is 0.124 e. The molecule has 1 atom stereocenters. The Morgan fingerprint density at radius 2 is 2.37 bits per heavy atom. The second kappa shape index (κ2) is 6.13. The fraction of sp³-hybridized carbons (Fsp3) is 0.462. The van der Waals surface area contributed by atoms with Gasteiger partial charge in [-0.05, 0) is 25.1 Å². The summed E-state index contributed by atoms with van der Waals surface area (Å²) in [4.78, 5) is 6.96. The van der Waals surface area contributed by atoms with Gasteiger partial charge in [0.15, 0.2) is 0 Å². The van der Waals surface area contributed by atoms with E-state index in [9.17, 15) is 4.39 Å². The van der Waals surface area contributed by atoms with Gasteiger partial charge in [0.05, 0.1) is 16.8 Å². The molecule has 1 N–H and O–H groups in total. The molecule has 1 aliphatic rings. The number of nitrogens with one attached hydrogen (secondary N) is 1. The minimum Gasteiger partial charge on any atom is -0.312 e. The van der Waals surface area contributed by atoms with Crippen LogP contribution in [0.15, 0.2) is 18.2 Å². The molecule has 1 fully saturated rings. The number of hydrogen-bond acceptors (Lipinski definition) is 4. The van der Waals surface area contributed by atoms with Crippen molar-refractivity contribution in [1.29, 1.82) is 0 Å². The Morgan fingerprint density at radius 1 is 1.53 bits per heavy atom. The molecule has 1 aromatic carbocycles. The first-order chi connectivity index (χ1) is 8.70. The Hall–Kier alpha value is -0.750. The predicted octanol–water partition coefficient (Wildman–Crippen LogP) is 2.65. The van der Waals surface area contributed by atoms with Gasteiger partial charge in [-0.1, -0.05) is 0 Å². The standard InChI is InChI=1S/C13H16FN3S.ClH/c1-9-7-17(5-4-15-9)8-13-16-11-3-2-10(14)6-12(11)18-13;/h2-3,6,9,15H,4-5,7-8H2,1H3;1H. The highest BCUT2D eigenvalue weighted by molar-refractivity contribution is 7.18. The second-order valence-electron chi connectivity index (χ2n) is 4.81. The zero-order valence-electron chi connectivity index (χ0n) is 10.7. The van der Waals surface area contributed by atoms with Gasteiger partial charge >= 0.3 is 0 Å². The smallest absolute Gasteiger partial charge is 0.124 e. The predicted molar refractivity (Wildman–Crippen MR) is 79.6 cm³/mol. The zero-order valence-corrected chi connectivity index (χ0v) is 12.4. The third-order valence-electron chi connectivity index (χ3n) is 3.21. The van der Waals surface area contributed by atoms with Crippen LogP contribution in [0.2, 0.25) is 0 Å². The lowest BCUT2D eigenvalue weighted by atomic mass is 10.2. The van der Waals surface area contributed by atoms with Crippen molar-refractivity contribution in [2.75, 3.05) is 19.6 Å². The molecule has 1 saturated heterocycles. The van der Waals surface area contributed by atoms with Crippen LogP contribution in [0.3, 0.4) is 0 Å². The minimum absolute atomic E-state index is 0. The van der Waals surface area contributed by atoms with Crippen LogP contribution in [-0.2, 0) is 6.54 Å². The molecule has 1 aliphatic heterocycles. The number of hydrogen-bond donors (Lipinski definition) is 1. The molecule has 3 rings (SSSR count). The molecule has 0 saturated carbocycles. The van der Waals surface area contributed by atoms with Gasteiger partial charge in [-0.2, -0.15) is 0 Å². The van der Waals surface area contributed by atoms with Gasteiger partial charge in [0, 0.05) is 25.7 Å². The van der Waals surface area contributed by atoms with E-state index in [4.69, 9.17) is 0 Å². The van der Waals surface area contributed by atoms with Crippen molar-refractivity contribution in [3.8, 4) is 0 Å². The second-order valence-corrected chi connectivity index (χ2v) is 5.93. The number of rotatable bonds is 2. The van der Waals surface area contributed by atoms with Gasteiger partial charge in [0.1, 0.15) is 10.8 Å². The van der Waals surface area contributed by atoms with Crippen molar-refractivity contribution in [2.24, 2.45) is 0 Å². The van der Waals surface area contributed by atoms with Crippen molar-refractivity contribution in [2.45, 2.75) is 19.5 Å². The fourth-order valence-corrected chi connectivity index (χ4v) is 3.40. The van der Waals surface area contributed by atoms with E-state index in [1.807, 2.05) is 0 Å². The highest BCUT2D eigenvalue weighted by Gasteiger charge is 2.17. The van der Waals surface area contributed by atoms with Crippen LogP contribution >= 0.6 is 23.7 Å². The number of aromatic nitrogens is 1. The maximum atomic E-state index is 13.1. The molecule has 104 valence electrons. The molecule has 0 spiro atoms. The summed E-state index contributed by atoms with van der Waals surface area (Å²) < 4.78 is 14.1. The molecule has 0 amide bonds. The van der Waals surface area contributed by atoms with Gasteiger partial charge in [0.2, 0.25) is 0 Å². The molecule has 6 heteroatoms. The third kappa shape index (κ3) is 3.42. The van der Waals surface area contributed by atoms with E-state index < -0.39 is 0 Å². The number of nitrogens with zero attached hydrogens (tertiary/aromatic N) is 2. The fourth-order valence-electron chi connectivity index (χ4n) is 2.36. The Morgan fingerprint density at radius 3 is 3.16 bits per heavy atom. The maximum absolute atomic E-state index is 13.1. The monoisotopic (exact) mass is 301 g/mol. The largest absolute Gasteiger partial charge is 0.312 e. The first-order valence-electron chi connectivity index (χ1n) is 6.21. The van der Waals surface area contributed by atoms with Crippen molar-refractivity contribution < 1.29 is 4.39 Å². The van der Waals surface area contributed by atoms with Crippen LogP contribution in [0.4, 0.5) is 4.39 Å². The van der Waals surface area contributed by atoms with Crippen molar-refractivity contribution >= 4 is 34.0 Å². The van der Waals surface area contributed by atoms with Crippen LogP contribution in [0.1, 0.15) is 11.9 Å². The number of piperazine rings is 1. The van der Waals surface area contributed by atoms with Gasteiger partial charge < -0.3 is 5.32 Å². The van der Waals surface area contributed by atoms with Gasteiger partial charge in [-0.25, -0.2) is 9.37 Å². The Kier molecular flexibility index (Phi) is 4.73. The summed E-state index contributed by atoms with van der Waals surface area (Å²) in [5, 5.41) is 4.50. The number of halogens is 2. The highest BCUT2D eigenvalue weighted by Crippen LogP contribution is 2.24. The van der Waals surface area contributed by atoms with Crippen LogP contribution in [0.25, 0.3) is 10.2 Å². The lowest BCUT2D eigenvalue weighted by Crippen LogP contribution is -2.48. The van der Waals surface area contributed by atoms with E-state index >= 15 is 0 Å². The molecule has 2 aromatic rings. The summed E-state index contributed by atoms with van der Waals surface area (Å²) in [6, 6.07) is 5.33. The summed E-state index contributed by atoms with van der Waals surface area (Å²) >= 11 is 1.59. The summed E-state index contributed by atoms with van der Waals surface area (Å²) in [6.45, 7) is 6.19. The molecule has 2 heterocycles. The average Bonchev–Trinajstić information content (AvgIpc) is 2.70. The Balaban J connectivity index is 0.00000133. The van der Waals surface area contributed by atoms with Crippen molar-refractivity contribution in [3.05, 3.63) is 29.0 Å². The van der Waals surface area contributed by atoms with Gasteiger partial charge in [-0.15, -0.1) is 23.7 Å². The number of thiazole rings is 1. The molecule has 0 bridgehead atoms. The summed E-state index contributed by atoms with van der Waals surface area (Å²) in [7, 11) is 0. The van der Waals surface area contributed by atoms with Gasteiger partial charge in [0.25, 0.3) is 0 Å². The molecule has 3 nitrogen and oxygen atoms in total. The lowest BCUT2D eigenvalue weighted by molar-refractivity contribution is 0.199. The van der Waals surface area contributed by atoms with Crippen LogP contribution in [-0.4, -0.2) is 35.6 Å². The Bertz CT molecular complexity index is 560. The molecule has 0 radical (unpaired) electrons. The first-order valence-corrected chi connectivity index (χ1v) is 7.03. The molecule has 19 heavy (non-hydrogen) atoms. The van der Waals surface area contributed by atoms with Gasteiger partial charge in [-0.3, -0.25) is 4.90 Å². The first kappa shape index (κ1) is 14.7. The zero-order chi connectivity index (χ0) is 12.5. The average molecular weight is 302 g/mol. The topological polar surface area (TPSA) is 28.2 Å². The molecule has 0 aliphatic carbocycles. The normalized spacial score (nSPS) is 20.4. The molecular weight excluding hydrogens is 285 g/mol. The van der Waals surface area contributed by atoms with E-state index in [2.05, 4.69) is 22.1 Å². The SMILES string of the molecule is CC1CN(Cc2nc3ccc(F)cc3s2)CCN1.Cl. The number of fused-ring (bicyclic) bond motifs is 1. The summed E-state index contributed by atoms with van der Waals surface area (Å²) in [5.74, 6) is -0.187. The molecule has 1 aromatic heterocycles.